The molecule has 0 saturated carbocycles. The highest BCUT2D eigenvalue weighted by molar-refractivity contribution is 7.98. The predicted molar refractivity (Wildman–Crippen MR) is 78.7 cm³/mol. The first-order valence-corrected chi connectivity index (χ1v) is 7.06. The molecule has 0 bridgehead atoms. The maximum absolute atomic E-state index is 13.5. The lowest BCUT2D eigenvalue weighted by Crippen LogP contribution is -1.94. The molecule has 0 aliphatic rings. The summed E-state index contributed by atoms with van der Waals surface area (Å²) in [5.74, 6) is 5.73. The Bertz CT molecular complexity index is 644. The van der Waals surface area contributed by atoms with Crippen molar-refractivity contribution in [2.24, 2.45) is 5.73 Å². The smallest absolute Gasteiger partial charge is 0.187 e. The minimum atomic E-state index is -0.328. The molecular formula is C15H14FN3S. The lowest BCUT2D eigenvalue weighted by molar-refractivity contribution is 0.624. The van der Waals surface area contributed by atoms with Crippen molar-refractivity contribution in [2.75, 3.05) is 6.54 Å². The Hall–Kier alpha value is -1.90. The number of hydrogen-bond acceptors (Lipinski definition) is 4. The van der Waals surface area contributed by atoms with E-state index in [0.29, 0.717) is 16.5 Å². The molecule has 0 aliphatic heterocycles. The van der Waals surface area contributed by atoms with E-state index in [1.54, 1.807) is 24.5 Å². The Balaban J connectivity index is 2.08. The highest BCUT2D eigenvalue weighted by Crippen LogP contribution is 2.20. The third kappa shape index (κ3) is 4.05. The van der Waals surface area contributed by atoms with Gasteiger partial charge in [-0.3, -0.25) is 0 Å². The van der Waals surface area contributed by atoms with E-state index in [2.05, 4.69) is 21.8 Å². The largest absolute Gasteiger partial charge is 0.320 e. The number of benzene rings is 1. The van der Waals surface area contributed by atoms with Crippen LogP contribution in [0.5, 0.6) is 0 Å². The van der Waals surface area contributed by atoms with Crippen LogP contribution in [-0.2, 0) is 5.75 Å². The van der Waals surface area contributed by atoms with Crippen molar-refractivity contribution in [2.45, 2.75) is 17.8 Å². The average Bonchev–Trinajstić information content (AvgIpc) is 2.46. The van der Waals surface area contributed by atoms with Crippen LogP contribution in [0.15, 0.2) is 35.7 Å². The summed E-state index contributed by atoms with van der Waals surface area (Å²) < 4.78 is 13.5. The number of halogens is 1. The molecule has 0 saturated heterocycles. The van der Waals surface area contributed by atoms with E-state index in [4.69, 9.17) is 5.73 Å². The first-order valence-electron chi connectivity index (χ1n) is 6.08. The van der Waals surface area contributed by atoms with Gasteiger partial charge in [0.2, 0.25) is 0 Å². The number of hydrogen-bond donors (Lipinski definition) is 1. The van der Waals surface area contributed by atoms with E-state index in [1.165, 1.54) is 17.8 Å². The average molecular weight is 287 g/mol. The van der Waals surface area contributed by atoms with Gasteiger partial charge in [0.1, 0.15) is 5.82 Å². The molecule has 1 heterocycles. The molecule has 5 heteroatoms. The van der Waals surface area contributed by atoms with Crippen LogP contribution in [0.4, 0.5) is 4.39 Å². The van der Waals surface area contributed by atoms with E-state index in [9.17, 15) is 4.39 Å². The zero-order valence-electron chi connectivity index (χ0n) is 11.1. The van der Waals surface area contributed by atoms with Gasteiger partial charge in [-0.05, 0) is 30.2 Å². The van der Waals surface area contributed by atoms with Crippen LogP contribution >= 0.6 is 11.8 Å². The summed E-state index contributed by atoms with van der Waals surface area (Å²) in [6, 6.07) is 4.90. The van der Waals surface area contributed by atoms with E-state index in [-0.39, 0.29) is 12.4 Å². The number of aromatic nitrogens is 2. The van der Waals surface area contributed by atoms with Crippen LogP contribution in [0.3, 0.4) is 0 Å². The van der Waals surface area contributed by atoms with Crippen LogP contribution in [0, 0.1) is 24.6 Å². The predicted octanol–water partition coefficient (Wildman–Crippen LogP) is 2.53. The zero-order chi connectivity index (χ0) is 14.4. The van der Waals surface area contributed by atoms with Gasteiger partial charge in [-0.1, -0.05) is 29.7 Å². The van der Waals surface area contributed by atoms with Gasteiger partial charge in [0.05, 0.1) is 12.1 Å². The molecule has 2 N–H and O–H groups in total. The van der Waals surface area contributed by atoms with Crippen molar-refractivity contribution in [3.05, 3.63) is 53.1 Å². The maximum atomic E-state index is 13.5. The summed E-state index contributed by atoms with van der Waals surface area (Å²) in [4.78, 5) is 8.43. The molecule has 1 aromatic carbocycles. The van der Waals surface area contributed by atoms with Crippen molar-refractivity contribution in [3.8, 4) is 11.8 Å². The molecule has 0 spiro atoms. The van der Waals surface area contributed by atoms with Gasteiger partial charge in [-0.15, -0.1) is 0 Å². The number of aryl methyl sites for hydroxylation is 1. The number of thioether (sulfide) groups is 1. The van der Waals surface area contributed by atoms with Crippen molar-refractivity contribution in [3.63, 3.8) is 0 Å². The van der Waals surface area contributed by atoms with Gasteiger partial charge in [-0.25, -0.2) is 14.4 Å². The Morgan fingerprint density at radius 2 is 2.05 bits per heavy atom. The zero-order valence-corrected chi connectivity index (χ0v) is 11.9. The minimum absolute atomic E-state index is 0.218. The van der Waals surface area contributed by atoms with Gasteiger partial charge in [0, 0.05) is 18.1 Å². The van der Waals surface area contributed by atoms with Gasteiger partial charge in [-0.2, -0.15) is 0 Å². The Labute approximate surface area is 121 Å². The Morgan fingerprint density at radius 1 is 1.30 bits per heavy atom. The highest BCUT2D eigenvalue weighted by atomic mass is 32.2. The summed E-state index contributed by atoms with van der Waals surface area (Å²) in [6.07, 6.45) is 3.55. The molecule has 1 aromatic heterocycles. The number of nitrogens with two attached hydrogens (primary N) is 1. The third-order valence-corrected chi connectivity index (χ3v) is 3.43. The highest BCUT2D eigenvalue weighted by Gasteiger charge is 2.03. The van der Waals surface area contributed by atoms with E-state index in [0.717, 1.165) is 11.1 Å². The van der Waals surface area contributed by atoms with Gasteiger partial charge in [0.25, 0.3) is 0 Å². The molecule has 2 aromatic rings. The number of rotatable bonds is 3. The van der Waals surface area contributed by atoms with Crippen LogP contribution < -0.4 is 5.73 Å². The van der Waals surface area contributed by atoms with Crippen molar-refractivity contribution >= 4 is 11.8 Å². The molecular weight excluding hydrogens is 273 g/mol. The molecule has 0 atom stereocenters. The maximum Gasteiger partial charge on any atom is 0.187 e. The third-order valence-electron chi connectivity index (χ3n) is 2.48. The standard InChI is InChI=1S/C15H14FN3S/c1-11-8-18-15(19-9-11)20-10-12-4-5-14(16)13(7-12)3-2-6-17/h4-5,7-9H,6,10,17H2,1H3. The SMILES string of the molecule is Cc1cnc(SCc2ccc(F)c(C#CCN)c2)nc1. The summed E-state index contributed by atoms with van der Waals surface area (Å²) in [6.45, 7) is 2.16. The van der Waals surface area contributed by atoms with Crippen molar-refractivity contribution in [1.82, 2.24) is 9.97 Å². The first-order chi connectivity index (χ1) is 9.69. The summed E-state index contributed by atoms with van der Waals surface area (Å²) in [7, 11) is 0. The van der Waals surface area contributed by atoms with E-state index >= 15 is 0 Å². The topological polar surface area (TPSA) is 51.8 Å². The molecule has 2 rings (SSSR count). The van der Waals surface area contributed by atoms with Gasteiger partial charge in [0.15, 0.2) is 5.16 Å². The van der Waals surface area contributed by atoms with Crippen LogP contribution in [0.25, 0.3) is 0 Å². The molecule has 20 heavy (non-hydrogen) atoms. The second-order valence-electron chi connectivity index (χ2n) is 4.15. The van der Waals surface area contributed by atoms with Gasteiger partial charge >= 0.3 is 0 Å². The minimum Gasteiger partial charge on any atom is -0.320 e. The fourth-order valence-corrected chi connectivity index (χ4v) is 2.24. The van der Waals surface area contributed by atoms with Crippen molar-refractivity contribution < 1.29 is 4.39 Å². The lowest BCUT2D eigenvalue weighted by atomic mass is 10.1. The second kappa shape index (κ2) is 7.04. The molecule has 0 unspecified atom stereocenters. The summed E-state index contributed by atoms with van der Waals surface area (Å²) >= 11 is 1.50. The quantitative estimate of drug-likeness (QED) is 0.535. The molecule has 3 nitrogen and oxygen atoms in total. The molecule has 102 valence electrons. The Kier molecular flexibility index (Phi) is 5.10. The monoisotopic (exact) mass is 287 g/mol. The second-order valence-corrected chi connectivity index (χ2v) is 5.09. The lowest BCUT2D eigenvalue weighted by Gasteiger charge is -2.03. The summed E-state index contributed by atoms with van der Waals surface area (Å²) in [5.41, 5.74) is 7.67. The fraction of sp³-hybridized carbons (Fsp3) is 0.200. The number of nitrogens with zero attached hydrogens (tertiary/aromatic N) is 2. The molecule has 0 amide bonds. The van der Waals surface area contributed by atoms with Crippen LogP contribution in [-0.4, -0.2) is 16.5 Å². The molecule has 0 radical (unpaired) electrons. The van der Waals surface area contributed by atoms with Crippen LogP contribution in [0.2, 0.25) is 0 Å². The summed E-state index contributed by atoms with van der Waals surface area (Å²) in [5, 5.41) is 0.703. The van der Waals surface area contributed by atoms with Crippen LogP contribution in [0.1, 0.15) is 16.7 Å². The van der Waals surface area contributed by atoms with E-state index < -0.39 is 0 Å². The van der Waals surface area contributed by atoms with Crippen molar-refractivity contribution in [1.29, 1.82) is 0 Å². The van der Waals surface area contributed by atoms with E-state index in [1.807, 2.05) is 6.92 Å². The normalized spacial score (nSPS) is 9.95. The molecule has 0 fully saturated rings. The Morgan fingerprint density at radius 3 is 2.75 bits per heavy atom. The first kappa shape index (κ1) is 14.5. The van der Waals surface area contributed by atoms with Gasteiger partial charge < -0.3 is 5.73 Å². The molecule has 0 aliphatic carbocycles. The fourth-order valence-electron chi connectivity index (χ4n) is 1.51.